The van der Waals surface area contributed by atoms with Gasteiger partial charge in [-0.2, -0.15) is 0 Å². The number of fused-ring (bicyclic) bond motifs is 1. The van der Waals surface area contributed by atoms with Crippen molar-refractivity contribution in [1.82, 2.24) is 10.5 Å². The van der Waals surface area contributed by atoms with Gasteiger partial charge in [-0.1, -0.05) is 29.4 Å². The molecule has 0 spiro atoms. The number of carbonyl (C=O) groups is 1. The Morgan fingerprint density at radius 2 is 2.28 bits per heavy atom. The summed E-state index contributed by atoms with van der Waals surface area (Å²) in [6.45, 7) is 1.80. The average Bonchev–Trinajstić information content (AvgIpc) is 2.97. The van der Waals surface area contributed by atoms with E-state index in [0.29, 0.717) is 5.69 Å². The van der Waals surface area contributed by atoms with Gasteiger partial charge in [0, 0.05) is 6.07 Å². The molecular formula is C14H14N2O2. The minimum atomic E-state index is -0.197. The van der Waals surface area contributed by atoms with Crippen molar-refractivity contribution in [2.24, 2.45) is 0 Å². The Balaban J connectivity index is 1.77. The van der Waals surface area contributed by atoms with E-state index in [9.17, 15) is 4.79 Å². The van der Waals surface area contributed by atoms with Crippen molar-refractivity contribution in [2.75, 3.05) is 0 Å². The van der Waals surface area contributed by atoms with Crippen LogP contribution in [0.3, 0.4) is 0 Å². The molecule has 1 aromatic carbocycles. The zero-order chi connectivity index (χ0) is 12.5. The minimum absolute atomic E-state index is 0.0825. The predicted octanol–water partition coefficient (Wildman–Crippen LogP) is 2.40. The molecule has 0 aliphatic heterocycles. The molecule has 1 amide bonds. The maximum absolute atomic E-state index is 12.0. The first-order valence-electron chi connectivity index (χ1n) is 6.06. The van der Waals surface area contributed by atoms with Gasteiger partial charge >= 0.3 is 0 Å². The molecule has 2 aromatic rings. The van der Waals surface area contributed by atoms with E-state index < -0.39 is 0 Å². The maximum atomic E-state index is 12.0. The first-order chi connectivity index (χ1) is 8.74. The molecular weight excluding hydrogens is 228 g/mol. The third-order valence-corrected chi connectivity index (χ3v) is 3.29. The molecule has 3 rings (SSSR count). The number of nitrogens with zero attached hydrogens (tertiary/aromatic N) is 1. The predicted molar refractivity (Wildman–Crippen MR) is 66.2 cm³/mol. The number of aromatic nitrogens is 1. The van der Waals surface area contributed by atoms with Gasteiger partial charge in [-0.3, -0.25) is 4.79 Å². The summed E-state index contributed by atoms with van der Waals surface area (Å²) in [5.41, 5.74) is 3.24. The summed E-state index contributed by atoms with van der Waals surface area (Å²) in [6, 6.07) is 9.94. The molecule has 1 unspecified atom stereocenters. The van der Waals surface area contributed by atoms with Crippen LogP contribution in [0.1, 0.15) is 39.8 Å². The lowest BCUT2D eigenvalue weighted by Gasteiger charge is -2.12. The largest absolute Gasteiger partial charge is 0.351 e. The van der Waals surface area contributed by atoms with E-state index in [1.54, 1.807) is 13.0 Å². The molecule has 18 heavy (non-hydrogen) atoms. The van der Waals surface area contributed by atoms with Crippen molar-refractivity contribution < 1.29 is 9.32 Å². The van der Waals surface area contributed by atoms with Crippen LogP contribution in [-0.2, 0) is 6.42 Å². The lowest BCUT2D eigenvalue weighted by atomic mass is 10.1. The first-order valence-corrected chi connectivity index (χ1v) is 6.06. The Morgan fingerprint density at radius 3 is 3.06 bits per heavy atom. The average molecular weight is 242 g/mol. The fraction of sp³-hybridized carbons (Fsp3) is 0.286. The normalized spacial score (nSPS) is 17.5. The van der Waals surface area contributed by atoms with Gasteiger partial charge in [-0.25, -0.2) is 0 Å². The Hall–Kier alpha value is -2.10. The second kappa shape index (κ2) is 4.29. The molecule has 0 fully saturated rings. The lowest BCUT2D eigenvalue weighted by Crippen LogP contribution is -2.26. The molecule has 1 aliphatic carbocycles. The summed E-state index contributed by atoms with van der Waals surface area (Å²) in [5, 5.41) is 6.71. The number of nitrogens with one attached hydrogen (secondary N) is 1. The van der Waals surface area contributed by atoms with Crippen molar-refractivity contribution in [1.29, 1.82) is 0 Å². The second-order valence-electron chi connectivity index (χ2n) is 4.60. The Morgan fingerprint density at radius 1 is 1.44 bits per heavy atom. The fourth-order valence-electron chi connectivity index (χ4n) is 2.41. The van der Waals surface area contributed by atoms with Crippen molar-refractivity contribution in [2.45, 2.75) is 25.8 Å². The molecule has 0 bridgehead atoms. The third kappa shape index (κ3) is 1.90. The third-order valence-electron chi connectivity index (χ3n) is 3.29. The van der Waals surface area contributed by atoms with Crippen LogP contribution < -0.4 is 5.32 Å². The molecule has 1 aliphatic rings. The Labute approximate surface area is 105 Å². The molecule has 1 aromatic heterocycles. The number of carbonyl (C=O) groups excluding carboxylic acids is 1. The molecule has 4 nitrogen and oxygen atoms in total. The quantitative estimate of drug-likeness (QED) is 0.879. The smallest absolute Gasteiger partial charge is 0.290 e. The van der Waals surface area contributed by atoms with E-state index >= 15 is 0 Å². The monoisotopic (exact) mass is 242 g/mol. The summed E-state index contributed by atoms with van der Waals surface area (Å²) in [5.74, 6) is 0.0779. The van der Waals surface area contributed by atoms with Crippen LogP contribution in [0.5, 0.6) is 0 Å². The number of amides is 1. The van der Waals surface area contributed by atoms with E-state index in [-0.39, 0.29) is 17.7 Å². The lowest BCUT2D eigenvalue weighted by molar-refractivity contribution is 0.0899. The molecule has 92 valence electrons. The van der Waals surface area contributed by atoms with Crippen molar-refractivity contribution in [3.05, 3.63) is 52.9 Å². The first kappa shape index (κ1) is 11.0. The van der Waals surface area contributed by atoms with Crippen LogP contribution in [0.4, 0.5) is 0 Å². The van der Waals surface area contributed by atoms with Gasteiger partial charge in [0.1, 0.15) is 0 Å². The summed E-state index contributed by atoms with van der Waals surface area (Å²) >= 11 is 0. The highest BCUT2D eigenvalue weighted by atomic mass is 16.5. The van der Waals surface area contributed by atoms with Gasteiger partial charge in [0.15, 0.2) is 0 Å². The number of rotatable bonds is 2. The number of benzene rings is 1. The van der Waals surface area contributed by atoms with Gasteiger partial charge in [-0.15, -0.1) is 0 Å². The summed E-state index contributed by atoms with van der Waals surface area (Å²) < 4.78 is 4.96. The van der Waals surface area contributed by atoms with E-state index in [2.05, 4.69) is 22.6 Å². The maximum Gasteiger partial charge on any atom is 0.290 e. The number of aryl methyl sites for hydroxylation is 2. The van der Waals surface area contributed by atoms with Crippen molar-refractivity contribution >= 4 is 5.91 Å². The SMILES string of the molecule is Cc1cc(C(=O)NC2CCc3ccccc32)on1. The molecule has 0 radical (unpaired) electrons. The van der Waals surface area contributed by atoms with Crippen LogP contribution in [0.25, 0.3) is 0 Å². The Bertz CT molecular complexity index is 589. The number of hydrogen-bond acceptors (Lipinski definition) is 3. The summed E-state index contributed by atoms with van der Waals surface area (Å²) in [6.07, 6.45) is 1.95. The Kier molecular flexibility index (Phi) is 2.63. The number of hydrogen-bond donors (Lipinski definition) is 1. The highest BCUT2D eigenvalue weighted by molar-refractivity contribution is 5.91. The van der Waals surface area contributed by atoms with Crippen LogP contribution in [0, 0.1) is 6.92 Å². The van der Waals surface area contributed by atoms with Gasteiger partial charge in [0.2, 0.25) is 5.76 Å². The van der Waals surface area contributed by atoms with Gasteiger partial charge in [-0.05, 0) is 30.9 Å². The highest BCUT2D eigenvalue weighted by Gasteiger charge is 2.24. The van der Waals surface area contributed by atoms with Crippen LogP contribution >= 0.6 is 0 Å². The van der Waals surface area contributed by atoms with E-state index in [1.165, 1.54) is 11.1 Å². The highest BCUT2D eigenvalue weighted by Crippen LogP contribution is 2.30. The fourth-order valence-corrected chi connectivity index (χ4v) is 2.41. The zero-order valence-electron chi connectivity index (χ0n) is 10.1. The molecule has 1 atom stereocenters. The van der Waals surface area contributed by atoms with Gasteiger partial charge in [0.25, 0.3) is 5.91 Å². The van der Waals surface area contributed by atoms with Gasteiger partial charge < -0.3 is 9.84 Å². The van der Waals surface area contributed by atoms with Crippen LogP contribution in [0.2, 0.25) is 0 Å². The topological polar surface area (TPSA) is 55.1 Å². The van der Waals surface area contributed by atoms with Crippen molar-refractivity contribution in [3.8, 4) is 0 Å². The summed E-state index contributed by atoms with van der Waals surface area (Å²) in [7, 11) is 0. The molecule has 1 heterocycles. The standard InChI is InChI=1S/C14H14N2O2/c1-9-8-13(18-16-9)14(17)15-12-7-6-10-4-2-3-5-11(10)12/h2-5,8,12H,6-7H2,1H3,(H,15,17). The second-order valence-corrected chi connectivity index (χ2v) is 4.60. The molecule has 0 saturated heterocycles. The molecule has 4 heteroatoms. The molecule has 0 saturated carbocycles. The minimum Gasteiger partial charge on any atom is -0.351 e. The van der Waals surface area contributed by atoms with E-state index in [0.717, 1.165) is 12.8 Å². The van der Waals surface area contributed by atoms with Crippen LogP contribution in [0.15, 0.2) is 34.9 Å². The van der Waals surface area contributed by atoms with E-state index in [1.807, 2.05) is 12.1 Å². The summed E-state index contributed by atoms with van der Waals surface area (Å²) in [4.78, 5) is 12.0. The van der Waals surface area contributed by atoms with Crippen LogP contribution in [-0.4, -0.2) is 11.1 Å². The van der Waals surface area contributed by atoms with Crippen molar-refractivity contribution in [3.63, 3.8) is 0 Å². The van der Waals surface area contributed by atoms with Gasteiger partial charge in [0.05, 0.1) is 11.7 Å². The van der Waals surface area contributed by atoms with E-state index in [4.69, 9.17) is 4.52 Å². The zero-order valence-corrected chi connectivity index (χ0v) is 10.1. The molecule has 1 N–H and O–H groups in total.